The van der Waals surface area contributed by atoms with Gasteiger partial charge in [0.25, 0.3) is 5.91 Å². The van der Waals surface area contributed by atoms with E-state index in [-0.39, 0.29) is 11.5 Å². The van der Waals surface area contributed by atoms with Crippen LogP contribution in [0, 0.1) is 0 Å². The summed E-state index contributed by atoms with van der Waals surface area (Å²) < 4.78 is 13.8. The number of benzene rings is 2. The molecule has 0 unspecified atom stereocenters. The van der Waals surface area contributed by atoms with Crippen molar-refractivity contribution in [2.24, 2.45) is 0 Å². The Morgan fingerprint density at radius 3 is 2.60 bits per heavy atom. The zero-order chi connectivity index (χ0) is 20.6. The third-order valence-electron chi connectivity index (χ3n) is 6.23. The van der Waals surface area contributed by atoms with Gasteiger partial charge in [-0.05, 0) is 43.0 Å². The number of carbonyl (C=O) groups is 1. The molecular formula is C23H24N4O3. The number of nitrogens with zero attached hydrogens (tertiary/aromatic N) is 4. The van der Waals surface area contributed by atoms with Crippen LogP contribution in [0.2, 0.25) is 0 Å². The first-order valence-corrected chi connectivity index (χ1v) is 10.3. The van der Waals surface area contributed by atoms with Crippen molar-refractivity contribution in [1.29, 1.82) is 0 Å². The quantitative estimate of drug-likeness (QED) is 0.671. The second-order valence-corrected chi connectivity index (χ2v) is 7.77. The highest BCUT2D eigenvalue weighted by atomic mass is 16.5. The van der Waals surface area contributed by atoms with Crippen LogP contribution in [0.4, 0.5) is 0 Å². The molecule has 0 atom stereocenters. The number of amides is 1. The van der Waals surface area contributed by atoms with E-state index in [1.807, 2.05) is 41.3 Å². The molecule has 3 heterocycles. The Morgan fingerprint density at radius 2 is 1.83 bits per heavy atom. The molecule has 7 heteroatoms. The minimum Gasteiger partial charge on any atom is -0.496 e. The molecule has 0 radical (unpaired) electrons. The van der Waals surface area contributed by atoms with Gasteiger partial charge in [0.15, 0.2) is 0 Å². The van der Waals surface area contributed by atoms with Crippen LogP contribution >= 0.6 is 0 Å². The second-order valence-electron chi connectivity index (χ2n) is 7.77. The number of likely N-dealkylation sites (tertiary alicyclic amines) is 1. The van der Waals surface area contributed by atoms with Gasteiger partial charge in [0.05, 0.1) is 25.0 Å². The number of para-hydroxylation sites is 1. The normalized spacial score (nSPS) is 17.6. The van der Waals surface area contributed by atoms with E-state index >= 15 is 0 Å². The molecule has 1 aromatic heterocycles. The lowest BCUT2D eigenvalue weighted by atomic mass is 9.78. The van der Waals surface area contributed by atoms with Gasteiger partial charge in [-0.25, -0.2) is 0 Å². The fourth-order valence-electron chi connectivity index (χ4n) is 4.74. The molecule has 1 spiro atoms. The molecule has 1 fully saturated rings. The molecule has 7 nitrogen and oxygen atoms in total. The summed E-state index contributed by atoms with van der Waals surface area (Å²) in [4.78, 5) is 15.3. The summed E-state index contributed by atoms with van der Waals surface area (Å²) in [7, 11) is 1.71. The number of rotatable bonds is 3. The van der Waals surface area contributed by atoms with Crippen molar-refractivity contribution in [1.82, 2.24) is 19.7 Å². The molecule has 2 aliphatic heterocycles. The molecule has 0 saturated carbocycles. The van der Waals surface area contributed by atoms with E-state index in [0.29, 0.717) is 25.3 Å². The van der Waals surface area contributed by atoms with Gasteiger partial charge in [0.2, 0.25) is 0 Å². The summed E-state index contributed by atoms with van der Waals surface area (Å²) in [5.74, 6) is 0.898. The third-order valence-corrected chi connectivity index (χ3v) is 6.23. The number of ether oxygens (including phenoxy) is 2. The van der Waals surface area contributed by atoms with Crippen LogP contribution in [-0.4, -0.2) is 52.4 Å². The Morgan fingerprint density at radius 1 is 1.07 bits per heavy atom. The van der Waals surface area contributed by atoms with Gasteiger partial charge in [-0.15, -0.1) is 10.2 Å². The SMILES string of the molecule is COc1cccc2c1C1(CCN(C(=O)c3ccccc3-n3cnnc3)CC1)OCC2. The largest absolute Gasteiger partial charge is 0.496 e. The van der Waals surface area contributed by atoms with Gasteiger partial charge in [0, 0.05) is 18.7 Å². The monoisotopic (exact) mass is 404 g/mol. The van der Waals surface area contributed by atoms with Gasteiger partial charge in [-0.3, -0.25) is 9.36 Å². The van der Waals surface area contributed by atoms with E-state index in [2.05, 4.69) is 16.3 Å². The van der Waals surface area contributed by atoms with Crippen LogP contribution in [-0.2, 0) is 16.8 Å². The zero-order valence-electron chi connectivity index (χ0n) is 17.0. The number of fused-ring (bicyclic) bond motifs is 2. The minimum atomic E-state index is -0.384. The fraction of sp³-hybridized carbons (Fsp3) is 0.348. The number of aromatic nitrogens is 3. The van der Waals surface area contributed by atoms with Crippen molar-refractivity contribution in [2.75, 3.05) is 26.8 Å². The standard InChI is InChI=1S/C23H24N4O3/c1-29-20-8-4-5-17-9-14-30-23(21(17)20)10-12-26(13-11-23)22(28)18-6-2-3-7-19(18)27-15-24-25-16-27/h2-8,15-16H,9-14H2,1H3. The summed E-state index contributed by atoms with van der Waals surface area (Å²) in [6.45, 7) is 1.96. The Kier molecular flexibility index (Phi) is 4.75. The van der Waals surface area contributed by atoms with Crippen molar-refractivity contribution >= 4 is 5.91 Å². The number of methoxy groups -OCH3 is 1. The average Bonchev–Trinajstić information content (AvgIpc) is 3.34. The molecule has 3 aromatic rings. The molecule has 0 aliphatic carbocycles. The van der Waals surface area contributed by atoms with Crippen LogP contribution in [0.15, 0.2) is 55.1 Å². The van der Waals surface area contributed by atoms with Crippen LogP contribution in [0.25, 0.3) is 5.69 Å². The van der Waals surface area contributed by atoms with Crippen LogP contribution in [0.1, 0.15) is 34.3 Å². The Balaban J connectivity index is 1.40. The topological polar surface area (TPSA) is 69.5 Å². The van der Waals surface area contributed by atoms with Gasteiger partial charge in [0.1, 0.15) is 24.0 Å². The van der Waals surface area contributed by atoms with Gasteiger partial charge < -0.3 is 14.4 Å². The highest BCUT2D eigenvalue weighted by molar-refractivity contribution is 5.97. The van der Waals surface area contributed by atoms with Crippen molar-refractivity contribution < 1.29 is 14.3 Å². The predicted molar refractivity (Wildman–Crippen MR) is 111 cm³/mol. The summed E-state index contributed by atoms with van der Waals surface area (Å²) in [6, 6.07) is 13.8. The number of hydrogen-bond donors (Lipinski definition) is 0. The summed E-state index contributed by atoms with van der Waals surface area (Å²) in [6.07, 6.45) is 5.61. The van der Waals surface area contributed by atoms with Crippen LogP contribution < -0.4 is 4.74 Å². The van der Waals surface area contributed by atoms with Crippen molar-refractivity contribution in [3.8, 4) is 11.4 Å². The summed E-state index contributed by atoms with van der Waals surface area (Å²) in [5.41, 5.74) is 3.50. The van der Waals surface area contributed by atoms with Crippen molar-refractivity contribution in [3.05, 3.63) is 71.8 Å². The lowest BCUT2D eigenvalue weighted by molar-refractivity contribution is -0.0946. The molecule has 0 bridgehead atoms. The Bertz CT molecular complexity index is 1040. The second kappa shape index (κ2) is 7.57. The highest BCUT2D eigenvalue weighted by Crippen LogP contribution is 2.46. The van der Waals surface area contributed by atoms with E-state index in [1.165, 1.54) is 5.56 Å². The van der Waals surface area contributed by atoms with Crippen molar-refractivity contribution in [2.45, 2.75) is 24.9 Å². The fourth-order valence-corrected chi connectivity index (χ4v) is 4.74. The smallest absolute Gasteiger partial charge is 0.255 e. The summed E-state index contributed by atoms with van der Waals surface area (Å²) >= 11 is 0. The number of piperidine rings is 1. The van der Waals surface area contributed by atoms with Crippen LogP contribution in [0.5, 0.6) is 5.75 Å². The first kappa shape index (κ1) is 18.8. The molecule has 5 rings (SSSR count). The van der Waals surface area contributed by atoms with Crippen LogP contribution in [0.3, 0.4) is 0 Å². The van der Waals surface area contributed by atoms with E-state index in [9.17, 15) is 4.79 Å². The maximum atomic E-state index is 13.4. The minimum absolute atomic E-state index is 0.0187. The molecule has 2 aromatic carbocycles. The molecule has 0 N–H and O–H groups in total. The lowest BCUT2D eigenvalue weighted by Crippen LogP contribution is -2.48. The van der Waals surface area contributed by atoms with E-state index < -0.39 is 0 Å². The molecule has 2 aliphatic rings. The predicted octanol–water partition coefficient (Wildman–Crippen LogP) is 2.98. The van der Waals surface area contributed by atoms with Gasteiger partial charge in [-0.2, -0.15) is 0 Å². The Labute approximate surface area is 175 Å². The molecular weight excluding hydrogens is 380 g/mol. The van der Waals surface area contributed by atoms with E-state index in [4.69, 9.17) is 9.47 Å². The zero-order valence-corrected chi connectivity index (χ0v) is 17.0. The van der Waals surface area contributed by atoms with Gasteiger partial charge >= 0.3 is 0 Å². The lowest BCUT2D eigenvalue weighted by Gasteiger charge is -2.45. The number of hydrogen-bond acceptors (Lipinski definition) is 5. The maximum Gasteiger partial charge on any atom is 0.255 e. The average molecular weight is 404 g/mol. The van der Waals surface area contributed by atoms with E-state index in [0.717, 1.165) is 36.3 Å². The Hall–Kier alpha value is -3.19. The maximum absolute atomic E-state index is 13.4. The van der Waals surface area contributed by atoms with E-state index in [1.54, 1.807) is 24.3 Å². The highest BCUT2D eigenvalue weighted by Gasteiger charge is 2.43. The third kappa shape index (κ3) is 3.06. The molecule has 1 saturated heterocycles. The first-order valence-electron chi connectivity index (χ1n) is 10.3. The molecule has 30 heavy (non-hydrogen) atoms. The number of carbonyl (C=O) groups excluding carboxylic acids is 1. The molecule has 1 amide bonds. The first-order chi connectivity index (χ1) is 14.7. The summed E-state index contributed by atoms with van der Waals surface area (Å²) in [5, 5.41) is 7.73. The van der Waals surface area contributed by atoms with Gasteiger partial charge in [-0.1, -0.05) is 24.3 Å². The molecule has 154 valence electrons. The van der Waals surface area contributed by atoms with Crippen molar-refractivity contribution in [3.63, 3.8) is 0 Å².